The Balaban J connectivity index is 1.74. The molecule has 0 radical (unpaired) electrons. The molecule has 0 spiro atoms. The minimum absolute atomic E-state index is 0.258. The highest BCUT2D eigenvalue weighted by molar-refractivity contribution is 6.30. The van der Waals surface area contributed by atoms with E-state index in [1.807, 2.05) is 12.1 Å². The summed E-state index contributed by atoms with van der Waals surface area (Å²) in [5.74, 6) is -0.00496. The second-order valence-electron chi connectivity index (χ2n) is 7.92. The molecule has 162 valence electrons. The van der Waals surface area contributed by atoms with E-state index < -0.39 is 23.6 Å². The maximum absolute atomic E-state index is 13.0. The normalized spacial score (nSPS) is 12.1. The van der Waals surface area contributed by atoms with E-state index in [0.29, 0.717) is 16.5 Å². The number of carbonyl (C=O) groups excluding carboxylic acids is 2. The van der Waals surface area contributed by atoms with Crippen LogP contribution in [0.15, 0.2) is 54.9 Å². The van der Waals surface area contributed by atoms with Crippen LogP contribution in [-0.4, -0.2) is 38.8 Å². The lowest BCUT2D eigenvalue weighted by molar-refractivity contribution is -0.118. The molecular formula is C22H24ClN5O3. The molecule has 2 aromatic heterocycles. The number of benzene rings is 1. The van der Waals surface area contributed by atoms with Gasteiger partial charge in [0.15, 0.2) is 0 Å². The van der Waals surface area contributed by atoms with E-state index in [9.17, 15) is 9.59 Å². The number of alkyl carbamates (subject to hydrolysis) is 1. The first-order chi connectivity index (χ1) is 14.7. The van der Waals surface area contributed by atoms with Crippen LogP contribution in [0.5, 0.6) is 0 Å². The van der Waals surface area contributed by atoms with Gasteiger partial charge in [0.05, 0.1) is 5.69 Å². The zero-order chi connectivity index (χ0) is 22.4. The molecule has 8 nitrogen and oxygen atoms in total. The standard InChI is InChI=1S/C22H24ClN5O3/c1-22(2,3)31-21(30)25-18(12-14-4-6-16(23)7-5-14)20(29)26-19-13-17(27-28-19)15-8-10-24-11-9-15/h4-11,13,18H,12H2,1-3H3,(H,25,30)(H2,26,27,28,29)/t18-/m0/s1. The predicted octanol–water partition coefficient (Wildman–Crippen LogP) is 4.20. The molecule has 0 aliphatic rings. The van der Waals surface area contributed by atoms with E-state index in [2.05, 4.69) is 25.8 Å². The zero-order valence-electron chi connectivity index (χ0n) is 17.5. The first-order valence-corrected chi connectivity index (χ1v) is 10.1. The summed E-state index contributed by atoms with van der Waals surface area (Å²) in [5.41, 5.74) is 1.67. The molecule has 0 saturated heterocycles. The first-order valence-electron chi connectivity index (χ1n) is 9.70. The molecule has 2 amide bonds. The molecule has 0 unspecified atom stereocenters. The maximum Gasteiger partial charge on any atom is 0.408 e. The maximum atomic E-state index is 13.0. The summed E-state index contributed by atoms with van der Waals surface area (Å²) in [6.07, 6.45) is 2.90. The van der Waals surface area contributed by atoms with E-state index in [0.717, 1.165) is 11.1 Å². The van der Waals surface area contributed by atoms with Crippen LogP contribution in [0.25, 0.3) is 11.3 Å². The van der Waals surface area contributed by atoms with Crippen molar-refractivity contribution in [3.05, 3.63) is 65.4 Å². The number of halogens is 1. The van der Waals surface area contributed by atoms with Gasteiger partial charge in [-0.3, -0.25) is 14.9 Å². The second kappa shape index (κ2) is 9.61. The third kappa shape index (κ3) is 6.82. The van der Waals surface area contributed by atoms with Crippen LogP contribution in [-0.2, 0) is 16.0 Å². The SMILES string of the molecule is CC(C)(C)OC(=O)N[C@@H](Cc1ccc(Cl)cc1)C(=O)Nc1cc(-c2ccncc2)n[nH]1. The number of anilines is 1. The number of pyridine rings is 1. The lowest BCUT2D eigenvalue weighted by Crippen LogP contribution is -2.47. The number of H-pyrrole nitrogens is 1. The summed E-state index contributed by atoms with van der Waals surface area (Å²) < 4.78 is 5.31. The largest absolute Gasteiger partial charge is 0.444 e. The highest BCUT2D eigenvalue weighted by Gasteiger charge is 2.25. The molecule has 0 aliphatic heterocycles. The second-order valence-corrected chi connectivity index (χ2v) is 8.36. The van der Waals surface area contributed by atoms with Crippen molar-refractivity contribution in [3.63, 3.8) is 0 Å². The van der Waals surface area contributed by atoms with E-state index >= 15 is 0 Å². The van der Waals surface area contributed by atoms with Crippen molar-refractivity contribution in [1.29, 1.82) is 0 Å². The summed E-state index contributed by atoms with van der Waals surface area (Å²) in [4.78, 5) is 29.2. The first kappa shape index (κ1) is 22.3. The molecule has 0 bridgehead atoms. The molecule has 3 aromatic rings. The van der Waals surface area contributed by atoms with Crippen LogP contribution in [0.1, 0.15) is 26.3 Å². The number of hydrogen-bond acceptors (Lipinski definition) is 5. The van der Waals surface area contributed by atoms with Crippen LogP contribution in [0, 0.1) is 0 Å². The Kier molecular flexibility index (Phi) is 6.91. The van der Waals surface area contributed by atoms with Crippen molar-refractivity contribution in [2.24, 2.45) is 0 Å². The van der Waals surface area contributed by atoms with Crippen molar-refractivity contribution in [2.45, 2.75) is 38.8 Å². The predicted molar refractivity (Wildman–Crippen MR) is 119 cm³/mol. The van der Waals surface area contributed by atoms with Gasteiger partial charge >= 0.3 is 6.09 Å². The number of carbonyl (C=O) groups is 2. The van der Waals surface area contributed by atoms with Gasteiger partial charge < -0.3 is 15.4 Å². The monoisotopic (exact) mass is 441 g/mol. The Bertz CT molecular complexity index is 1030. The lowest BCUT2D eigenvalue weighted by atomic mass is 10.1. The molecule has 1 atom stereocenters. The summed E-state index contributed by atoms with van der Waals surface area (Å²) in [5, 5.41) is 13.0. The van der Waals surface area contributed by atoms with Crippen molar-refractivity contribution >= 4 is 29.4 Å². The highest BCUT2D eigenvalue weighted by atomic mass is 35.5. The van der Waals surface area contributed by atoms with Gasteiger partial charge in [-0.05, 0) is 50.6 Å². The lowest BCUT2D eigenvalue weighted by Gasteiger charge is -2.23. The molecule has 2 heterocycles. The van der Waals surface area contributed by atoms with Gasteiger partial charge in [0.2, 0.25) is 5.91 Å². The molecule has 3 N–H and O–H groups in total. The Morgan fingerprint density at radius 2 is 1.81 bits per heavy atom. The summed E-state index contributed by atoms with van der Waals surface area (Å²) in [7, 11) is 0. The van der Waals surface area contributed by atoms with Gasteiger partial charge in [0.1, 0.15) is 17.5 Å². The van der Waals surface area contributed by atoms with Crippen LogP contribution in [0.4, 0.5) is 10.6 Å². The van der Waals surface area contributed by atoms with Crippen molar-refractivity contribution < 1.29 is 14.3 Å². The Labute approximate surface area is 185 Å². The Hall–Kier alpha value is -3.39. The summed E-state index contributed by atoms with van der Waals surface area (Å²) in [6, 6.07) is 11.5. The number of aromatic amines is 1. The van der Waals surface area contributed by atoms with Gasteiger partial charge in [-0.25, -0.2) is 4.79 Å². The van der Waals surface area contributed by atoms with Gasteiger partial charge in [-0.1, -0.05) is 23.7 Å². The van der Waals surface area contributed by atoms with Gasteiger partial charge in [0, 0.05) is 35.5 Å². The number of rotatable bonds is 6. The number of amides is 2. The number of aromatic nitrogens is 3. The average Bonchev–Trinajstić information content (AvgIpc) is 3.17. The highest BCUT2D eigenvalue weighted by Crippen LogP contribution is 2.19. The number of hydrogen-bond donors (Lipinski definition) is 3. The van der Waals surface area contributed by atoms with Gasteiger partial charge in [0.25, 0.3) is 0 Å². The molecular weight excluding hydrogens is 418 g/mol. The Morgan fingerprint density at radius 3 is 2.45 bits per heavy atom. The quantitative estimate of drug-likeness (QED) is 0.531. The van der Waals surface area contributed by atoms with Gasteiger partial charge in [-0.2, -0.15) is 5.10 Å². The summed E-state index contributed by atoms with van der Waals surface area (Å²) >= 11 is 5.94. The average molecular weight is 442 g/mol. The van der Waals surface area contributed by atoms with Gasteiger partial charge in [-0.15, -0.1) is 0 Å². The van der Waals surface area contributed by atoms with Crippen molar-refractivity contribution in [2.75, 3.05) is 5.32 Å². The smallest absolute Gasteiger partial charge is 0.408 e. The third-order valence-corrected chi connectivity index (χ3v) is 4.42. The van der Waals surface area contributed by atoms with Crippen molar-refractivity contribution in [3.8, 4) is 11.3 Å². The van der Waals surface area contributed by atoms with Crippen LogP contribution < -0.4 is 10.6 Å². The topological polar surface area (TPSA) is 109 Å². The molecule has 0 saturated carbocycles. The van der Waals surface area contributed by atoms with E-state index in [4.69, 9.17) is 16.3 Å². The number of nitrogens with zero attached hydrogens (tertiary/aromatic N) is 2. The fraction of sp³-hybridized carbons (Fsp3) is 0.273. The molecule has 3 rings (SSSR count). The minimum atomic E-state index is -0.872. The molecule has 0 fully saturated rings. The van der Waals surface area contributed by atoms with Crippen LogP contribution >= 0.6 is 11.6 Å². The van der Waals surface area contributed by atoms with E-state index in [1.165, 1.54) is 0 Å². The van der Waals surface area contributed by atoms with Crippen LogP contribution in [0.3, 0.4) is 0 Å². The molecule has 31 heavy (non-hydrogen) atoms. The molecule has 9 heteroatoms. The van der Waals surface area contributed by atoms with Crippen LogP contribution in [0.2, 0.25) is 5.02 Å². The Morgan fingerprint density at radius 1 is 1.13 bits per heavy atom. The molecule has 0 aliphatic carbocycles. The number of ether oxygens (including phenoxy) is 1. The van der Waals surface area contributed by atoms with E-state index in [-0.39, 0.29) is 6.42 Å². The fourth-order valence-corrected chi connectivity index (χ4v) is 2.92. The molecule has 1 aromatic carbocycles. The fourth-order valence-electron chi connectivity index (χ4n) is 2.79. The number of nitrogens with one attached hydrogen (secondary N) is 3. The van der Waals surface area contributed by atoms with Crippen molar-refractivity contribution in [1.82, 2.24) is 20.5 Å². The van der Waals surface area contributed by atoms with E-state index in [1.54, 1.807) is 63.5 Å². The third-order valence-electron chi connectivity index (χ3n) is 4.17. The zero-order valence-corrected chi connectivity index (χ0v) is 18.2. The minimum Gasteiger partial charge on any atom is -0.444 e. The summed E-state index contributed by atoms with van der Waals surface area (Å²) in [6.45, 7) is 5.27.